The fraction of sp³-hybridized carbons (Fsp3) is 0.289. The van der Waals surface area contributed by atoms with Gasteiger partial charge in [0.25, 0.3) is 11.4 Å². The third-order valence-corrected chi connectivity index (χ3v) is 26.5. The highest BCUT2D eigenvalue weighted by Gasteiger charge is 2.56. The van der Waals surface area contributed by atoms with Gasteiger partial charge in [-0.15, -0.1) is 45.3 Å². The van der Waals surface area contributed by atoms with Crippen molar-refractivity contribution in [1.82, 2.24) is 0 Å². The Labute approximate surface area is 605 Å². The summed E-state index contributed by atoms with van der Waals surface area (Å²) in [6.07, 6.45) is 26.3. The molecule has 0 aliphatic heterocycles. The second-order valence-corrected chi connectivity index (χ2v) is 31.5. The number of ketones is 2. The maximum atomic E-state index is 15.3. The highest BCUT2D eigenvalue weighted by Crippen LogP contribution is 2.71. The Hall–Kier alpha value is -9.36. The van der Waals surface area contributed by atoms with Crippen LogP contribution in [0.2, 0.25) is 0 Å². The van der Waals surface area contributed by atoms with Crippen molar-refractivity contribution in [3.8, 4) is 31.6 Å². The Morgan fingerprint density at radius 2 is 0.690 bits per heavy atom. The molecule has 0 saturated carbocycles. The van der Waals surface area contributed by atoms with E-state index in [0.717, 1.165) is 104 Å². The van der Waals surface area contributed by atoms with Crippen LogP contribution in [0.25, 0.3) is 60.9 Å². The van der Waals surface area contributed by atoms with E-state index in [-0.39, 0.29) is 23.0 Å². The number of hydrogen-bond acceptors (Lipinski definition) is 8. The summed E-state index contributed by atoms with van der Waals surface area (Å²) in [6, 6.07) is 61.6. The highest BCUT2D eigenvalue weighted by molar-refractivity contribution is 7.34. The summed E-state index contributed by atoms with van der Waals surface area (Å²) in [5.74, 6) is -0.268. The molecule has 4 heterocycles. The summed E-state index contributed by atoms with van der Waals surface area (Å²) < 4.78 is 2.41. The van der Waals surface area contributed by atoms with Crippen molar-refractivity contribution < 1.29 is 9.59 Å². The molecule has 10 heteroatoms. The minimum absolute atomic E-state index is 0.0512. The van der Waals surface area contributed by atoms with E-state index < -0.39 is 10.8 Å². The molecule has 6 nitrogen and oxygen atoms in total. The molecule has 4 aromatic heterocycles. The van der Waals surface area contributed by atoms with Gasteiger partial charge in [-0.3, -0.25) is 9.59 Å². The zero-order chi connectivity index (χ0) is 69.1. The lowest BCUT2D eigenvalue weighted by molar-refractivity contribution is 0.104. The molecule has 0 radical (unpaired) electrons. The number of aryl methyl sites for hydroxylation is 4. The average molecular weight is 1380 g/mol. The lowest BCUT2D eigenvalue weighted by Gasteiger charge is -2.34. The molecule has 14 rings (SSSR count). The molecule has 0 unspecified atom stereocenters. The quantitative estimate of drug-likeness (QED) is 0.0307. The van der Waals surface area contributed by atoms with Crippen molar-refractivity contribution in [3.63, 3.8) is 0 Å². The van der Waals surface area contributed by atoms with Crippen LogP contribution in [0.15, 0.2) is 181 Å². The van der Waals surface area contributed by atoms with Crippen LogP contribution < -0.4 is 0 Å². The van der Waals surface area contributed by atoms with Crippen LogP contribution in [0.1, 0.15) is 239 Å². The molecule has 4 aliphatic rings. The van der Waals surface area contributed by atoms with E-state index in [9.17, 15) is 10.5 Å². The Morgan fingerprint density at radius 3 is 0.970 bits per heavy atom. The topological polar surface area (TPSA) is 90.4 Å². The first-order chi connectivity index (χ1) is 49.1. The maximum absolute atomic E-state index is 15.3. The van der Waals surface area contributed by atoms with Gasteiger partial charge >= 0.3 is 0 Å². The molecule has 0 amide bonds. The summed E-state index contributed by atoms with van der Waals surface area (Å²) in [7, 11) is 0. The number of thiophene rings is 4. The predicted octanol–water partition coefficient (Wildman–Crippen LogP) is 25.2. The van der Waals surface area contributed by atoms with Gasteiger partial charge in [-0.25, -0.2) is 20.2 Å². The number of nitrogens with zero attached hydrogens (tertiary/aromatic N) is 4. The van der Waals surface area contributed by atoms with Gasteiger partial charge in [0.1, 0.15) is 0 Å². The van der Waals surface area contributed by atoms with Crippen LogP contribution in [0.4, 0.5) is 0 Å². The molecular weight excluding hydrogens is 1300 g/mol. The smallest absolute Gasteiger partial charge is 0.269 e. The first kappa shape index (κ1) is 67.8. The standard InChI is InChI=1S/C90H80N4O2S4/c1-7-11-15-19-27-57-35-43-61(44-36-57)89(62-45-37-58(38-46-62)28-20-16-12-8-2)73-53-77(71-51-69(75(55-91)93-5)65-31-23-25-33-67(65)81(71)95)97-83(73)85-79(89)87-88(99-85)80-86(100-87)84-74(54-78(98-84)72-52-70(76(56-92)94-6)66-32-24-26-34-68(66)82(72)96)90(80,63-47-39-59(40-48-63)29-21-17-13-9-3)64-49-41-60(42-50-64)30-22-18-14-10-4/h23-26,31-54H,7-22,27-30H2,1-4H3/b75-69-,76-70+. The SMILES string of the molecule is [C-]#[N+]/C(C#N)=C1/C=C(c2cc3c(s2)-c2sc4c5c(sc4c2C3(c2ccc(CCCCCC)cc2)c2ccc(CCCCCC)cc2)-c2sc(C3=C/C(=C(/C#N)[N+]#[C-])c4ccccc4C3=O)cc2C5(c2ccc(CCCCCC)cc2)c2ccc(CCCCCC)cc2)C(=O)c2ccccc21. The molecule has 496 valence electrons. The second kappa shape index (κ2) is 29.5. The number of fused-ring (bicyclic) bond motifs is 11. The molecule has 0 atom stereocenters. The lowest BCUT2D eigenvalue weighted by atomic mass is 9.67. The second-order valence-electron chi connectivity index (χ2n) is 27.3. The van der Waals surface area contributed by atoms with Crippen molar-refractivity contribution in [2.24, 2.45) is 0 Å². The number of carbonyl (C=O) groups excluding carboxylic acids is 2. The summed E-state index contributed by atoms with van der Waals surface area (Å²) in [5, 5.41) is 21.0. The fourth-order valence-corrected chi connectivity index (χ4v) is 22.0. The van der Waals surface area contributed by atoms with Crippen LogP contribution in [0.5, 0.6) is 0 Å². The molecule has 0 N–H and O–H groups in total. The van der Waals surface area contributed by atoms with Crippen LogP contribution in [-0.4, -0.2) is 11.6 Å². The van der Waals surface area contributed by atoms with E-state index in [1.54, 1.807) is 34.8 Å². The molecule has 0 bridgehead atoms. The number of allylic oxidation sites excluding steroid dienone is 8. The Kier molecular flexibility index (Phi) is 20.0. The number of benzene rings is 6. The molecule has 100 heavy (non-hydrogen) atoms. The largest absolute Gasteiger partial charge is 0.289 e. The van der Waals surface area contributed by atoms with E-state index in [2.05, 4.69) is 159 Å². The van der Waals surface area contributed by atoms with E-state index >= 15 is 9.59 Å². The van der Waals surface area contributed by atoms with Gasteiger partial charge in [0.2, 0.25) is 0 Å². The fourth-order valence-electron chi connectivity index (χ4n) is 16.1. The monoisotopic (exact) mass is 1380 g/mol. The molecule has 6 aromatic carbocycles. The van der Waals surface area contributed by atoms with Crippen LogP contribution in [0, 0.1) is 35.8 Å². The van der Waals surface area contributed by atoms with Crippen LogP contribution in [0.3, 0.4) is 0 Å². The van der Waals surface area contributed by atoms with Gasteiger partial charge in [-0.2, -0.15) is 0 Å². The van der Waals surface area contributed by atoms with Gasteiger partial charge in [0.15, 0.2) is 11.6 Å². The van der Waals surface area contributed by atoms with Gasteiger partial charge in [0.05, 0.1) is 65.0 Å². The minimum Gasteiger partial charge on any atom is -0.289 e. The van der Waals surface area contributed by atoms with Crippen LogP contribution >= 0.6 is 45.3 Å². The number of hydrogen-bond donors (Lipinski definition) is 0. The van der Waals surface area contributed by atoms with Crippen LogP contribution in [-0.2, 0) is 36.5 Å². The third kappa shape index (κ3) is 11.8. The predicted molar refractivity (Wildman–Crippen MR) is 417 cm³/mol. The minimum atomic E-state index is -0.886. The normalized spacial score (nSPS) is 15.3. The van der Waals surface area contributed by atoms with Crippen molar-refractivity contribution in [1.29, 1.82) is 10.5 Å². The molecule has 0 spiro atoms. The number of carbonyl (C=O) groups is 2. The lowest BCUT2D eigenvalue weighted by Crippen LogP contribution is -2.29. The Bertz CT molecular complexity index is 4670. The summed E-state index contributed by atoms with van der Waals surface area (Å²) >= 11 is 7.03. The third-order valence-electron chi connectivity index (χ3n) is 21.2. The molecule has 0 fully saturated rings. The van der Waals surface area contributed by atoms with Crippen molar-refractivity contribution in [2.75, 3.05) is 0 Å². The molecular formula is C90H80N4O2S4. The van der Waals surface area contributed by atoms with Gasteiger partial charge in [-0.1, -0.05) is 262 Å². The number of unbranched alkanes of at least 4 members (excludes halogenated alkanes) is 12. The first-order valence-corrected chi connectivity index (χ1v) is 39.4. The zero-order valence-corrected chi connectivity index (χ0v) is 60.8. The van der Waals surface area contributed by atoms with Crippen molar-refractivity contribution >= 4 is 88.6 Å². The first-order valence-electron chi connectivity index (χ1n) is 36.1. The van der Waals surface area contributed by atoms with E-state index in [0.29, 0.717) is 44.5 Å². The van der Waals surface area contributed by atoms with Gasteiger partial charge in [-0.05, 0) is 130 Å². The van der Waals surface area contributed by atoms with E-state index in [1.807, 2.05) is 71.2 Å². The zero-order valence-electron chi connectivity index (χ0n) is 57.5. The Balaban J connectivity index is 1.07. The summed E-state index contributed by atoms with van der Waals surface area (Å²) in [5.41, 5.74) is 16.6. The maximum Gasteiger partial charge on any atom is 0.269 e. The summed E-state index contributed by atoms with van der Waals surface area (Å²) in [4.78, 5) is 44.2. The Morgan fingerprint density at radius 1 is 0.390 bits per heavy atom. The van der Waals surface area contributed by atoms with E-state index in [4.69, 9.17) is 13.1 Å². The molecule has 0 saturated heterocycles. The van der Waals surface area contributed by atoms with Crippen molar-refractivity contribution in [2.45, 2.75) is 167 Å². The number of nitriles is 2. The average Bonchev–Trinajstić information content (AvgIpc) is 1.48. The summed E-state index contributed by atoms with van der Waals surface area (Å²) in [6.45, 7) is 25.4. The molecule has 10 aromatic rings. The number of rotatable bonds is 26. The highest BCUT2D eigenvalue weighted by atomic mass is 32.1. The number of Topliss-reactive ketones (excluding diaryl/α,β-unsaturated/α-hetero) is 2. The van der Waals surface area contributed by atoms with Crippen molar-refractivity contribution in [3.05, 3.63) is 303 Å². The van der Waals surface area contributed by atoms with E-state index in [1.165, 1.54) is 130 Å². The molecule has 4 aliphatic carbocycles. The van der Waals surface area contributed by atoms with Gasteiger partial charge in [0, 0.05) is 54.3 Å². The van der Waals surface area contributed by atoms with Gasteiger partial charge < -0.3 is 0 Å².